The summed E-state index contributed by atoms with van der Waals surface area (Å²) in [4.78, 5) is 0. The number of nitrogens with zero attached hydrogens (tertiary/aromatic N) is 2. The smallest absolute Gasteiger partial charge is 0.0811 e. The van der Waals surface area contributed by atoms with Crippen molar-refractivity contribution >= 4 is 0 Å². The van der Waals surface area contributed by atoms with E-state index < -0.39 is 0 Å². The van der Waals surface area contributed by atoms with E-state index in [1.807, 2.05) is 22.9 Å². The van der Waals surface area contributed by atoms with Gasteiger partial charge in [-0.05, 0) is 12.1 Å². The minimum absolute atomic E-state index is 0.898. The van der Waals surface area contributed by atoms with Crippen molar-refractivity contribution in [3.63, 3.8) is 0 Å². The molecular formula is C11H11N3. The summed E-state index contributed by atoms with van der Waals surface area (Å²) in [5.41, 5.74) is 3.62. The molecule has 0 amide bonds. The Hall–Kier alpha value is -1.61. The van der Waals surface area contributed by atoms with Gasteiger partial charge in [0, 0.05) is 24.8 Å². The molecule has 2 heterocycles. The van der Waals surface area contributed by atoms with Crippen LogP contribution >= 0.6 is 0 Å². The molecule has 0 unspecified atom stereocenters. The number of hydrogen-bond acceptors (Lipinski definition) is 2. The van der Waals surface area contributed by atoms with Gasteiger partial charge in [0.1, 0.15) is 0 Å². The topological polar surface area (TPSA) is 29.9 Å². The maximum atomic E-state index is 4.52. The Balaban J connectivity index is 2.06. The van der Waals surface area contributed by atoms with E-state index >= 15 is 0 Å². The molecule has 1 aromatic heterocycles. The van der Waals surface area contributed by atoms with Gasteiger partial charge in [0.2, 0.25) is 0 Å². The van der Waals surface area contributed by atoms with Crippen molar-refractivity contribution < 1.29 is 0 Å². The lowest BCUT2D eigenvalue weighted by Gasteiger charge is -2.00. The Labute approximate surface area is 82.4 Å². The van der Waals surface area contributed by atoms with Gasteiger partial charge in [-0.15, -0.1) is 0 Å². The van der Waals surface area contributed by atoms with Gasteiger partial charge >= 0.3 is 0 Å². The summed E-state index contributed by atoms with van der Waals surface area (Å²) in [5.74, 6) is 0. The molecule has 1 aliphatic heterocycles. The Bertz CT molecular complexity index is 423. The van der Waals surface area contributed by atoms with Crippen molar-refractivity contribution in [2.24, 2.45) is 0 Å². The molecule has 0 saturated carbocycles. The average molecular weight is 185 g/mol. The highest BCUT2D eigenvalue weighted by Gasteiger charge is 2.14. The molecule has 0 atom stereocenters. The molecule has 0 fully saturated rings. The number of nitrogens with one attached hydrogen (secondary N) is 1. The zero-order valence-corrected chi connectivity index (χ0v) is 7.77. The molecule has 14 heavy (non-hydrogen) atoms. The average Bonchev–Trinajstić information content (AvgIpc) is 2.78. The van der Waals surface area contributed by atoms with Crippen LogP contribution < -0.4 is 5.32 Å². The van der Waals surface area contributed by atoms with Gasteiger partial charge in [-0.1, -0.05) is 18.2 Å². The SMILES string of the molecule is c1ccc(-n2cc3c(n2)CNC3)cc1. The van der Waals surface area contributed by atoms with Gasteiger partial charge in [-0.25, -0.2) is 4.68 Å². The van der Waals surface area contributed by atoms with Crippen LogP contribution in [0.3, 0.4) is 0 Å². The first-order valence-electron chi connectivity index (χ1n) is 4.77. The van der Waals surface area contributed by atoms with Crippen LogP contribution in [0.4, 0.5) is 0 Å². The van der Waals surface area contributed by atoms with Crippen molar-refractivity contribution in [3.05, 3.63) is 47.8 Å². The van der Waals surface area contributed by atoms with E-state index in [-0.39, 0.29) is 0 Å². The zero-order chi connectivity index (χ0) is 9.38. The summed E-state index contributed by atoms with van der Waals surface area (Å²) >= 11 is 0. The van der Waals surface area contributed by atoms with Gasteiger partial charge in [0.05, 0.1) is 11.4 Å². The molecule has 1 aromatic carbocycles. The summed E-state index contributed by atoms with van der Waals surface area (Å²) in [6, 6.07) is 10.2. The van der Waals surface area contributed by atoms with Crippen LogP contribution in [0.1, 0.15) is 11.3 Å². The molecule has 1 aliphatic rings. The van der Waals surface area contributed by atoms with Gasteiger partial charge in [0.25, 0.3) is 0 Å². The third kappa shape index (κ3) is 1.14. The molecule has 2 aromatic rings. The Kier molecular flexibility index (Phi) is 1.64. The molecule has 0 aliphatic carbocycles. The second-order valence-corrected chi connectivity index (χ2v) is 3.48. The minimum atomic E-state index is 0.898. The molecule has 0 radical (unpaired) electrons. The fraction of sp³-hybridized carbons (Fsp3) is 0.182. The maximum absolute atomic E-state index is 4.52. The molecule has 3 heteroatoms. The predicted molar refractivity (Wildman–Crippen MR) is 54.1 cm³/mol. The number of rotatable bonds is 1. The molecule has 3 rings (SSSR count). The Morgan fingerprint density at radius 2 is 2.00 bits per heavy atom. The van der Waals surface area contributed by atoms with Crippen LogP contribution in [0.2, 0.25) is 0 Å². The van der Waals surface area contributed by atoms with Crippen LogP contribution in [-0.2, 0) is 13.1 Å². The van der Waals surface area contributed by atoms with Crippen molar-refractivity contribution in [3.8, 4) is 5.69 Å². The largest absolute Gasteiger partial charge is 0.307 e. The summed E-state index contributed by atoms with van der Waals surface area (Å²) in [6.07, 6.45) is 2.10. The van der Waals surface area contributed by atoms with E-state index in [4.69, 9.17) is 0 Å². The summed E-state index contributed by atoms with van der Waals surface area (Å²) < 4.78 is 1.95. The molecule has 70 valence electrons. The van der Waals surface area contributed by atoms with E-state index in [1.165, 1.54) is 11.3 Å². The van der Waals surface area contributed by atoms with Crippen LogP contribution in [0.25, 0.3) is 5.69 Å². The third-order valence-electron chi connectivity index (χ3n) is 2.51. The first-order valence-corrected chi connectivity index (χ1v) is 4.77. The number of benzene rings is 1. The second kappa shape index (κ2) is 2.96. The lowest BCUT2D eigenvalue weighted by Crippen LogP contribution is -2.04. The molecule has 0 saturated heterocycles. The fourth-order valence-corrected chi connectivity index (χ4v) is 1.77. The number of para-hydroxylation sites is 1. The predicted octanol–water partition coefficient (Wildman–Crippen LogP) is 1.48. The van der Waals surface area contributed by atoms with Crippen LogP contribution in [-0.4, -0.2) is 9.78 Å². The number of fused-ring (bicyclic) bond motifs is 1. The van der Waals surface area contributed by atoms with E-state index in [9.17, 15) is 0 Å². The van der Waals surface area contributed by atoms with Crippen molar-refractivity contribution in [1.82, 2.24) is 15.1 Å². The Morgan fingerprint density at radius 1 is 1.14 bits per heavy atom. The van der Waals surface area contributed by atoms with Gasteiger partial charge in [-0.2, -0.15) is 5.10 Å². The molecule has 0 bridgehead atoms. The molecular weight excluding hydrogens is 174 g/mol. The van der Waals surface area contributed by atoms with Crippen molar-refractivity contribution in [1.29, 1.82) is 0 Å². The second-order valence-electron chi connectivity index (χ2n) is 3.48. The van der Waals surface area contributed by atoms with Crippen LogP contribution in [0, 0.1) is 0 Å². The van der Waals surface area contributed by atoms with E-state index in [0.717, 1.165) is 18.8 Å². The van der Waals surface area contributed by atoms with E-state index in [1.54, 1.807) is 0 Å². The first-order chi connectivity index (χ1) is 6.93. The normalized spacial score (nSPS) is 14.3. The van der Waals surface area contributed by atoms with E-state index in [2.05, 4.69) is 28.7 Å². The Morgan fingerprint density at radius 3 is 2.79 bits per heavy atom. The van der Waals surface area contributed by atoms with Gasteiger partial charge < -0.3 is 5.32 Å². The van der Waals surface area contributed by atoms with E-state index in [0.29, 0.717) is 0 Å². The standard InChI is InChI=1S/C11H11N3/c1-2-4-10(5-3-1)14-8-9-6-12-7-11(9)13-14/h1-5,8,12H,6-7H2. The van der Waals surface area contributed by atoms with Crippen molar-refractivity contribution in [2.75, 3.05) is 0 Å². The summed E-state index contributed by atoms with van der Waals surface area (Å²) in [7, 11) is 0. The molecule has 0 spiro atoms. The summed E-state index contributed by atoms with van der Waals surface area (Å²) in [5, 5.41) is 7.79. The van der Waals surface area contributed by atoms with Crippen LogP contribution in [0.5, 0.6) is 0 Å². The maximum Gasteiger partial charge on any atom is 0.0811 e. The zero-order valence-electron chi connectivity index (χ0n) is 7.77. The highest BCUT2D eigenvalue weighted by Crippen LogP contribution is 2.15. The molecule has 3 nitrogen and oxygen atoms in total. The fourth-order valence-electron chi connectivity index (χ4n) is 1.77. The quantitative estimate of drug-likeness (QED) is 0.729. The molecule has 1 N–H and O–H groups in total. The lowest BCUT2D eigenvalue weighted by molar-refractivity contribution is 0.721. The monoisotopic (exact) mass is 185 g/mol. The summed E-state index contributed by atoms with van der Waals surface area (Å²) in [6.45, 7) is 1.84. The number of aromatic nitrogens is 2. The number of hydrogen-bond donors (Lipinski definition) is 1. The van der Waals surface area contributed by atoms with Gasteiger partial charge in [0.15, 0.2) is 0 Å². The van der Waals surface area contributed by atoms with Crippen molar-refractivity contribution in [2.45, 2.75) is 13.1 Å². The highest BCUT2D eigenvalue weighted by molar-refractivity contribution is 5.33. The highest BCUT2D eigenvalue weighted by atomic mass is 15.3. The van der Waals surface area contributed by atoms with Crippen LogP contribution in [0.15, 0.2) is 36.5 Å². The lowest BCUT2D eigenvalue weighted by atomic mass is 10.3. The minimum Gasteiger partial charge on any atom is -0.307 e. The first kappa shape index (κ1) is 7.76. The third-order valence-corrected chi connectivity index (χ3v) is 2.51. The van der Waals surface area contributed by atoms with Gasteiger partial charge in [-0.3, -0.25) is 0 Å².